The van der Waals surface area contributed by atoms with Gasteiger partial charge in [-0.15, -0.1) is 11.8 Å². The van der Waals surface area contributed by atoms with E-state index in [9.17, 15) is 0 Å². The van der Waals surface area contributed by atoms with E-state index in [1.54, 1.807) is 0 Å². The Morgan fingerprint density at radius 1 is 1.38 bits per heavy atom. The first-order valence-corrected chi connectivity index (χ1v) is 6.01. The Hall–Kier alpha value is -0.0800. The van der Waals surface area contributed by atoms with Gasteiger partial charge in [-0.2, -0.15) is 12.6 Å². The predicted molar refractivity (Wildman–Crippen MR) is 64.9 cm³/mol. The van der Waals surface area contributed by atoms with Crippen molar-refractivity contribution in [2.75, 3.05) is 0 Å². The summed E-state index contributed by atoms with van der Waals surface area (Å²) in [5.74, 6) is 0.827. The van der Waals surface area contributed by atoms with E-state index in [0.717, 1.165) is 5.75 Å². The summed E-state index contributed by atoms with van der Waals surface area (Å²) in [6, 6.07) is 6.58. The highest BCUT2D eigenvalue weighted by Gasteiger charge is 2.02. The molecule has 0 N–H and O–H groups in total. The van der Waals surface area contributed by atoms with Gasteiger partial charge in [-0.1, -0.05) is 26.0 Å². The van der Waals surface area contributed by atoms with Crippen LogP contribution in [0.15, 0.2) is 23.1 Å². The van der Waals surface area contributed by atoms with Crippen molar-refractivity contribution in [1.29, 1.82) is 0 Å². The first-order chi connectivity index (χ1) is 6.13. The molecule has 0 aromatic heterocycles. The molecule has 0 aliphatic carbocycles. The summed E-state index contributed by atoms with van der Waals surface area (Å²) in [5.41, 5.74) is 2.67. The molecule has 0 unspecified atom stereocenters. The molecule has 0 heterocycles. The molecule has 0 saturated heterocycles. The monoisotopic (exact) mass is 212 g/mol. The van der Waals surface area contributed by atoms with Crippen molar-refractivity contribution in [1.82, 2.24) is 0 Å². The van der Waals surface area contributed by atoms with Crippen molar-refractivity contribution in [3.05, 3.63) is 29.3 Å². The third-order valence-electron chi connectivity index (χ3n) is 1.78. The summed E-state index contributed by atoms with van der Waals surface area (Å²) in [4.78, 5) is 1.39. The lowest BCUT2D eigenvalue weighted by atomic mass is 10.2. The van der Waals surface area contributed by atoms with E-state index in [1.807, 2.05) is 11.8 Å². The Morgan fingerprint density at radius 2 is 2.08 bits per heavy atom. The Bertz CT molecular complexity index is 279. The van der Waals surface area contributed by atoms with E-state index in [1.165, 1.54) is 16.0 Å². The fourth-order valence-corrected chi connectivity index (χ4v) is 2.29. The highest BCUT2D eigenvalue weighted by molar-refractivity contribution is 8.00. The van der Waals surface area contributed by atoms with Crippen LogP contribution in [0.3, 0.4) is 0 Å². The molecule has 1 rings (SSSR count). The molecule has 0 spiro atoms. The van der Waals surface area contributed by atoms with Crippen LogP contribution in [0, 0.1) is 6.92 Å². The molecule has 0 aliphatic heterocycles. The van der Waals surface area contributed by atoms with Gasteiger partial charge in [0, 0.05) is 15.9 Å². The van der Waals surface area contributed by atoms with Gasteiger partial charge in [0.25, 0.3) is 0 Å². The lowest BCUT2D eigenvalue weighted by Gasteiger charge is -2.09. The van der Waals surface area contributed by atoms with Gasteiger partial charge in [0.05, 0.1) is 0 Å². The number of benzene rings is 1. The summed E-state index contributed by atoms with van der Waals surface area (Å²) in [5, 5.41) is 0.653. The molecule has 0 nitrogen and oxygen atoms in total. The molecule has 0 saturated carbocycles. The number of thioether (sulfide) groups is 1. The summed E-state index contributed by atoms with van der Waals surface area (Å²) in [6.07, 6.45) is 0. The van der Waals surface area contributed by atoms with Crippen LogP contribution in [0.25, 0.3) is 0 Å². The standard InChI is InChI=1S/C11H16S2/c1-8(2)13-11-5-4-10(7-12)6-9(11)3/h4-6,8,12H,7H2,1-3H3. The van der Waals surface area contributed by atoms with Crippen LogP contribution in [0.5, 0.6) is 0 Å². The summed E-state index contributed by atoms with van der Waals surface area (Å²) >= 11 is 6.17. The van der Waals surface area contributed by atoms with Crippen LogP contribution in [0.2, 0.25) is 0 Å². The normalized spacial score (nSPS) is 10.8. The maximum Gasteiger partial charge on any atom is 0.0154 e. The molecule has 0 bridgehead atoms. The van der Waals surface area contributed by atoms with Gasteiger partial charge >= 0.3 is 0 Å². The predicted octanol–water partition coefficient (Wildman–Crippen LogP) is 3.93. The number of rotatable bonds is 3. The lowest BCUT2D eigenvalue weighted by Crippen LogP contribution is -1.89. The number of hydrogen-bond acceptors (Lipinski definition) is 2. The van der Waals surface area contributed by atoms with Crippen LogP contribution < -0.4 is 0 Å². The van der Waals surface area contributed by atoms with Crippen LogP contribution in [0.4, 0.5) is 0 Å². The first kappa shape index (κ1) is 11.0. The Balaban J connectivity index is 2.85. The lowest BCUT2D eigenvalue weighted by molar-refractivity contribution is 1.10. The van der Waals surface area contributed by atoms with E-state index in [0.29, 0.717) is 5.25 Å². The molecular weight excluding hydrogens is 196 g/mol. The molecule has 2 heteroatoms. The maximum atomic E-state index is 4.25. The van der Waals surface area contributed by atoms with Crippen molar-refractivity contribution >= 4 is 24.4 Å². The van der Waals surface area contributed by atoms with Crippen molar-refractivity contribution < 1.29 is 0 Å². The Labute approximate surface area is 90.5 Å². The zero-order valence-corrected chi connectivity index (χ0v) is 10.1. The van der Waals surface area contributed by atoms with Crippen LogP contribution in [-0.2, 0) is 5.75 Å². The zero-order chi connectivity index (χ0) is 9.84. The van der Waals surface area contributed by atoms with Crippen LogP contribution in [0.1, 0.15) is 25.0 Å². The van der Waals surface area contributed by atoms with E-state index < -0.39 is 0 Å². The minimum absolute atomic E-state index is 0.653. The second-order valence-corrected chi connectivity index (χ2v) is 5.36. The van der Waals surface area contributed by atoms with Gasteiger partial charge in [-0.25, -0.2) is 0 Å². The molecule has 0 fully saturated rings. The van der Waals surface area contributed by atoms with Crippen molar-refractivity contribution in [2.24, 2.45) is 0 Å². The second-order valence-electron chi connectivity index (χ2n) is 3.42. The Kier molecular flexibility index (Phi) is 4.20. The molecule has 1 aromatic rings. The molecule has 72 valence electrons. The third kappa shape index (κ3) is 3.28. The average molecular weight is 212 g/mol. The number of aryl methyl sites for hydroxylation is 1. The molecule has 0 atom stereocenters. The largest absolute Gasteiger partial charge is 0.175 e. The SMILES string of the molecule is Cc1cc(CS)ccc1SC(C)C. The van der Waals surface area contributed by atoms with Gasteiger partial charge in [-0.3, -0.25) is 0 Å². The molecular formula is C11H16S2. The van der Waals surface area contributed by atoms with Gasteiger partial charge in [-0.05, 0) is 24.1 Å². The fourth-order valence-electron chi connectivity index (χ4n) is 1.20. The van der Waals surface area contributed by atoms with Gasteiger partial charge < -0.3 is 0 Å². The molecule has 13 heavy (non-hydrogen) atoms. The van der Waals surface area contributed by atoms with Gasteiger partial charge in [0.1, 0.15) is 0 Å². The fraction of sp³-hybridized carbons (Fsp3) is 0.455. The average Bonchev–Trinajstić information content (AvgIpc) is 2.08. The van der Waals surface area contributed by atoms with Crippen LogP contribution in [-0.4, -0.2) is 5.25 Å². The Morgan fingerprint density at radius 3 is 2.54 bits per heavy atom. The smallest absolute Gasteiger partial charge is 0.0154 e. The van der Waals surface area contributed by atoms with E-state index in [2.05, 4.69) is 51.6 Å². The van der Waals surface area contributed by atoms with Crippen molar-refractivity contribution in [3.8, 4) is 0 Å². The van der Waals surface area contributed by atoms with E-state index >= 15 is 0 Å². The quantitative estimate of drug-likeness (QED) is 0.585. The zero-order valence-electron chi connectivity index (χ0n) is 8.37. The summed E-state index contributed by atoms with van der Waals surface area (Å²) in [6.45, 7) is 6.60. The molecule has 1 aromatic carbocycles. The number of thiol groups is 1. The summed E-state index contributed by atoms with van der Waals surface area (Å²) in [7, 11) is 0. The minimum atomic E-state index is 0.653. The van der Waals surface area contributed by atoms with E-state index in [-0.39, 0.29) is 0 Å². The van der Waals surface area contributed by atoms with E-state index in [4.69, 9.17) is 0 Å². The maximum absolute atomic E-state index is 4.25. The first-order valence-electron chi connectivity index (χ1n) is 4.50. The third-order valence-corrected chi connectivity index (χ3v) is 3.33. The van der Waals surface area contributed by atoms with Crippen molar-refractivity contribution in [3.63, 3.8) is 0 Å². The molecule has 0 radical (unpaired) electrons. The topological polar surface area (TPSA) is 0 Å². The van der Waals surface area contributed by atoms with Crippen molar-refractivity contribution in [2.45, 2.75) is 36.7 Å². The minimum Gasteiger partial charge on any atom is -0.175 e. The highest BCUT2D eigenvalue weighted by Crippen LogP contribution is 2.27. The van der Waals surface area contributed by atoms with Gasteiger partial charge in [0.15, 0.2) is 0 Å². The molecule has 0 amide bonds. The molecule has 0 aliphatic rings. The summed E-state index contributed by atoms with van der Waals surface area (Å²) < 4.78 is 0. The second kappa shape index (κ2) is 4.97. The van der Waals surface area contributed by atoms with Crippen LogP contribution >= 0.6 is 24.4 Å². The highest BCUT2D eigenvalue weighted by atomic mass is 32.2. The van der Waals surface area contributed by atoms with Gasteiger partial charge in [0.2, 0.25) is 0 Å². The number of hydrogen-bond donors (Lipinski definition) is 1.